The monoisotopic (exact) mass is 324 g/mol. The van der Waals surface area contributed by atoms with Crippen LogP contribution in [0, 0.1) is 0 Å². The molecule has 118 valence electrons. The predicted molar refractivity (Wildman–Crippen MR) is 78.6 cm³/mol. The van der Waals surface area contributed by atoms with E-state index < -0.39 is 22.0 Å². The number of sulfonamides is 1. The minimum Gasteiger partial charge on any atom is -0.480 e. The number of carboxylic acids is 1. The number of carboxylic acid groups (broad SMARTS) is 1. The Morgan fingerprint density at radius 2 is 2.09 bits per heavy atom. The van der Waals surface area contributed by atoms with Crippen LogP contribution < -0.4 is 4.72 Å². The van der Waals surface area contributed by atoms with E-state index in [-0.39, 0.29) is 11.3 Å². The molecule has 1 heterocycles. The first kappa shape index (κ1) is 16.2. The second-order valence-corrected chi connectivity index (χ2v) is 6.36. The van der Waals surface area contributed by atoms with Crippen LogP contribution in [0.3, 0.4) is 0 Å². The molecule has 1 aromatic carbocycles. The van der Waals surface area contributed by atoms with Crippen molar-refractivity contribution >= 4 is 16.0 Å². The van der Waals surface area contributed by atoms with E-state index in [9.17, 15) is 13.2 Å². The van der Waals surface area contributed by atoms with Gasteiger partial charge >= 0.3 is 5.97 Å². The number of aliphatic carboxylic acids is 1. The number of nitrogens with zero attached hydrogens (tertiary/aromatic N) is 1. The van der Waals surface area contributed by atoms with Gasteiger partial charge in [-0.2, -0.15) is 4.72 Å². The minimum atomic E-state index is -4.00. The summed E-state index contributed by atoms with van der Waals surface area (Å²) in [5, 5.41) is 12.7. The van der Waals surface area contributed by atoms with Gasteiger partial charge in [0, 0.05) is 11.6 Å². The van der Waals surface area contributed by atoms with Crippen molar-refractivity contribution in [3.63, 3.8) is 0 Å². The zero-order valence-corrected chi connectivity index (χ0v) is 12.7. The number of rotatable bonds is 7. The molecule has 0 aliphatic rings. The molecule has 0 bridgehead atoms. The number of hydrogen-bond donors (Lipinski definition) is 2. The molecule has 0 aliphatic carbocycles. The molecule has 2 aromatic rings. The van der Waals surface area contributed by atoms with E-state index in [2.05, 4.69) is 9.88 Å². The van der Waals surface area contributed by atoms with Crippen LogP contribution in [0.1, 0.15) is 19.8 Å². The van der Waals surface area contributed by atoms with E-state index in [1.807, 2.05) is 0 Å². The lowest BCUT2D eigenvalue weighted by Crippen LogP contribution is -2.40. The zero-order chi connectivity index (χ0) is 16.2. The molecular weight excluding hydrogens is 308 g/mol. The van der Waals surface area contributed by atoms with Crippen molar-refractivity contribution in [2.45, 2.75) is 30.7 Å². The van der Waals surface area contributed by atoms with E-state index in [0.717, 1.165) is 0 Å². The smallest absolute Gasteiger partial charge is 0.321 e. The van der Waals surface area contributed by atoms with Crippen LogP contribution in [0.4, 0.5) is 0 Å². The Bertz CT molecular complexity index is 740. The van der Waals surface area contributed by atoms with Crippen molar-refractivity contribution in [1.29, 1.82) is 0 Å². The summed E-state index contributed by atoms with van der Waals surface area (Å²) in [4.78, 5) is 11.1. The van der Waals surface area contributed by atoms with Crippen molar-refractivity contribution in [3.8, 4) is 11.3 Å². The lowest BCUT2D eigenvalue weighted by Gasteiger charge is -2.15. The van der Waals surface area contributed by atoms with Gasteiger partial charge < -0.3 is 9.63 Å². The van der Waals surface area contributed by atoms with Crippen LogP contribution in [0.25, 0.3) is 11.3 Å². The van der Waals surface area contributed by atoms with Crippen molar-refractivity contribution < 1.29 is 22.8 Å². The van der Waals surface area contributed by atoms with Gasteiger partial charge in [0.25, 0.3) is 0 Å². The quantitative estimate of drug-likeness (QED) is 0.804. The predicted octanol–water partition coefficient (Wildman–Crippen LogP) is 1.87. The first-order chi connectivity index (χ1) is 10.5. The largest absolute Gasteiger partial charge is 0.480 e. The Morgan fingerprint density at radius 3 is 2.68 bits per heavy atom. The van der Waals surface area contributed by atoms with E-state index >= 15 is 0 Å². The molecule has 0 fully saturated rings. The molecule has 0 saturated heterocycles. The Morgan fingerprint density at radius 1 is 1.36 bits per heavy atom. The molecule has 2 rings (SSSR count). The van der Waals surface area contributed by atoms with Crippen molar-refractivity contribution in [1.82, 2.24) is 9.88 Å². The van der Waals surface area contributed by atoms with Gasteiger partial charge in [0.1, 0.15) is 6.04 Å². The van der Waals surface area contributed by atoms with Crippen LogP contribution in [-0.2, 0) is 14.8 Å². The van der Waals surface area contributed by atoms with Gasteiger partial charge in [0.05, 0.1) is 11.1 Å². The number of aromatic nitrogens is 1. The van der Waals surface area contributed by atoms with E-state index in [0.29, 0.717) is 17.7 Å². The van der Waals surface area contributed by atoms with Crippen LogP contribution >= 0.6 is 0 Å². The highest BCUT2D eigenvalue weighted by Gasteiger charge is 2.27. The van der Waals surface area contributed by atoms with Gasteiger partial charge in [-0.05, 0) is 18.6 Å². The third-order valence-electron chi connectivity index (χ3n) is 3.05. The Labute approximate surface area is 128 Å². The summed E-state index contributed by atoms with van der Waals surface area (Å²) in [6, 6.07) is 6.56. The van der Waals surface area contributed by atoms with Gasteiger partial charge in [-0.25, -0.2) is 8.42 Å². The fourth-order valence-corrected chi connectivity index (χ4v) is 3.47. The Kier molecular flexibility index (Phi) is 4.94. The lowest BCUT2D eigenvalue weighted by atomic mass is 10.2. The highest BCUT2D eigenvalue weighted by molar-refractivity contribution is 7.89. The van der Waals surface area contributed by atoms with E-state index in [1.54, 1.807) is 25.1 Å². The van der Waals surface area contributed by atoms with Crippen molar-refractivity contribution in [2.24, 2.45) is 0 Å². The van der Waals surface area contributed by atoms with Crippen molar-refractivity contribution in [3.05, 3.63) is 36.5 Å². The first-order valence-electron chi connectivity index (χ1n) is 6.71. The van der Waals surface area contributed by atoms with Gasteiger partial charge in [-0.3, -0.25) is 4.79 Å². The van der Waals surface area contributed by atoms with Gasteiger partial charge in [0.15, 0.2) is 5.76 Å². The van der Waals surface area contributed by atoms with E-state index in [1.165, 1.54) is 18.3 Å². The Balaban J connectivity index is 2.40. The summed E-state index contributed by atoms with van der Waals surface area (Å²) < 4.78 is 32.2. The summed E-state index contributed by atoms with van der Waals surface area (Å²) in [6.07, 6.45) is 2.16. The molecule has 0 amide bonds. The van der Waals surface area contributed by atoms with E-state index in [4.69, 9.17) is 9.63 Å². The van der Waals surface area contributed by atoms with Gasteiger partial charge in [-0.1, -0.05) is 30.6 Å². The number of hydrogen-bond acceptors (Lipinski definition) is 5. The zero-order valence-electron chi connectivity index (χ0n) is 11.9. The summed E-state index contributed by atoms with van der Waals surface area (Å²) in [7, 11) is -4.00. The Hall–Kier alpha value is -2.19. The highest BCUT2D eigenvalue weighted by atomic mass is 32.2. The number of carbonyl (C=O) groups is 1. The average molecular weight is 324 g/mol. The molecule has 0 spiro atoms. The minimum absolute atomic E-state index is 0.0471. The maximum Gasteiger partial charge on any atom is 0.321 e. The van der Waals surface area contributed by atoms with Crippen LogP contribution in [0.2, 0.25) is 0 Å². The summed E-state index contributed by atoms with van der Waals surface area (Å²) >= 11 is 0. The normalized spacial score (nSPS) is 13.0. The van der Waals surface area contributed by atoms with Gasteiger partial charge in [-0.15, -0.1) is 0 Å². The topological polar surface area (TPSA) is 110 Å². The van der Waals surface area contributed by atoms with Crippen LogP contribution in [0.15, 0.2) is 45.9 Å². The molecule has 1 atom stereocenters. The molecule has 0 saturated carbocycles. The molecule has 7 nitrogen and oxygen atoms in total. The summed E-state index contributed by atoms with van der Waals surface area (Å²) in [5.41, 5.74) is 0.327. The molecule has 1 aromatic heterocycles. The fourth-order valence-electron chi connectivity index (χ4n) is 2.03. The molecular formula is C14H16N2O5S. The summed E-state index contributed by atoms with van der Waals surface area (Å²) in [6.45, 7) is 1.78. The molecule has 0 aliphatic heterocycles. The van der Waals surface area contributed by atoms with Crippen molar-refractivity contribution in [2.75, 3.05) is 0 Å². The molecule has 2 N–H and O–H groups in total. The summed E-state index contributed by atoms with van der Waals surface area (Å²) in [5.74, 6) is -0.911. The maximum atomic E-state index is 12.5. The lowest BCUT2D eigenvalue weighted by molar-refractivity contribution is -0.139. The van der Waals surface area contributed by atoms with Crippen LogP contribution in [-0.4, -0.2) is 30.7 Å². The van der Waals surface area contributed by atoms with Crippen LogP contribution in [0.5, 0.6) is 0 Å². The molecule has 22 heavy (non-hydrogen) atoms. The highest BCUT2D eigenvalue weighted by Crippen LogP contribution is 2.27. The standard InChI is InChI=1S/C14H16N2O5S/c1-2-5-11(14(17)18)16-22(19,20)13-7-4-3-6-10(13)12-8-9-15-21-12/h3-4,6-9,11,16H,2,5H2,1H3,(H,17,18). The number of nitrogens with one attached hydrogen (secondary N) is 1. The SMILES string of the molecule is CCCC(NS(=O)(=O)c1ccccc1-c1ccno1)C(=O)O. The maximum absolute atomic E-state index is 12.5. The third kappa shape index (κ3) is 3.52. The fraction of sp³-hybridized carbons (Fsp3) is 0.286. The van der Waals surface area contributed by atoms with Gasteiger partial charge in [0.2, 0.25) is 10.0 Å². The molecule has 8 heteroatoms. The molecule has 1 unspecified atom stereocenters. The second-order valence-electron chi connectivity index (χ2n) is 4.67. The third-order valence-corrected chi connectivity index (χ3v) is 4.58. The average Bonchev–Trinajstić information content (AvgIpc) is 3.00. The molecule has 0 radical (unpaired) electrons. The number of benzene rings is 1. The second kappa shape index (κ2) is 6.71. The first-order valence-corrected chi connectivity index (χ1v) is 8.19.